The number of aryl methyl sites for hydroxylation is 1. The summed E-state index contributed by atoms with van der Waals surface area (Å²) in [5.41, 5.74) is 2.66. The second kappa shape index (κ2) is 11.3. The maximum Gasteiger partial charge on any atom is 0.191 e. The molecule has 2 fully saturated rings. The Balaban J connectivity index is 1.23. The second-order valence-corrected chi connectivity index (χ2v) is 10.1. The van der Waals surface area contributed by atoms with Crippen LogP contribution in [0.3, 0.4) is 0 Å². The van der Waals surface area contributed by atoms with Gasteiger partial charge in [-0.05, 0) is 62.4 Å². The molecular weight excluding hydrogens is 430 g/mol. The highest BCUT2D eigenvalue weighted by Crippen LogP contribution is 2.31. The fraction of sp³-hybridized carbons (Fsp3) is 0.500. The molecule has 0 amide bonds. The van der Waals surface area contributed by atoms with Crippen LogP contribution in [-0.4, -0.2) is 56.2 Å². The van der Waals surface area contributed by atoms with E-state index in [1.54, 1.807) is 0 Å². The van der Waals surface area contributed by atoms with Crippen LogP contribution in [0.5, 0.6) is 0 Å². The van der Waals surface area contributed by atoms with Gasteiger partial charge in [0.1, 0.15) is 5.82 Å². The number of piperidine rings is 1. The van der Waals surface area contributed by atoms with Crippen LogP contribution in [-0.2, 0) is 24.2 Å². The number of hydrogen-bond acceptors (Lipinski definition) is 6. The summed E-state index contributed by atoms with van der Waals surface area (Å²) < 4.78 is 8.36. The fourth-order valence-corrected chi connectivity index (χ4v) is 5.82. The average molecular weight is 464 g/mol. The minimum atomic E-state index is 0.291. The van der Waals surface area contributed by atoms with Crippen LogP contribution in [0.15, 0.2) is 60.0 Å². The van der Waals surface area contributed by atoms with E-state index < -0.39 is 0 Å². The number of ether oxygens (including phenoxy) is 1. The van der Waals surface area contributed by atoms with E-state index in [1.165, 1.54) is 11.1 Å². The lowest BCUT2D eigenvalue weighted by atomic mass is 9.95. The molecule has 4 heterocycles. The van der Waals surface area contributed by atoms with Gasteiger partial charge in [0, 0.05) is 37.2 Å². The number of aromatic nitrogens is 4. The number of thioether (sulfide) groups is 1. The lowest BCUT2D eigenvalue weighted by Gasteiger charge is -2.31. The molecule has 1 atom stereocenters. The molecule has 2 saturated heterocycles. The van der Waals surface area contributed by atoms with Crippen LogP contribution in [0.4, 0.5) is 0 Å². The normalized spacial score (nSPS) is 19.8. The maximum atomic E-state index is 5.98. The largest absolute Gasteiger partial charge is 0.376 e. The van der Waals surface area contributed by atoms with Crippen LogP contribution < -0.4 is 0 Å². The van der Waals surface area contributed by atoms with E-state index in [0.717, 1.165) is 81.6 Å². The van der Waals surface area contributed by atoms with Crippen LogP contribution in [0, 0.1) is 0 Å². The highest BCUT2D eigenvalue weighted by atomic mass is 32.2. The van der Waals surface area contributed by atoms with Crippen molar-refractivity contribution in [2.45, 2.75) is 62.4 Å². The zero-order valence-corrected chi connectivity index (χ0v) is 20.0. The smallest absolute Gasteiger partial charge is 0.191 e. The first-order chi connectivity index (χ1) is 16.3. The molecule has 1 unspecified atom stereocenters. The summed E-state index contributed by atoms with van der Waals surface area (Å²) in [7, 11) is 0. The molecule has 1 aromatic carbocycles. The Bertz CT molecular complexity index is 982. The second-order valence-electron chi connectivity index (χ2n) is 9.08. The molecule has 0 N–H and O–H groups in total. The van der Waals surface area contributed by atoms with Crippen molar-refractivity contribution in [1.82, 2.24) is 24.6 Å². The Hall–Kier alpha value is -2.22. The molecular formula is C26H33N5OS. The van der Waals surface area contributed by atoms with Crippen molar-refractivity contribution in [1.29, 1.82) is 0 Å². The van der Waals surface area contributed by atoms with E-state index in [4.69, 9.17) is 9.84 Å². The predicted molar refractivity (Wildman–Crippen MR) is 131 cm³/mol. The Morgan fingerprint density at radius 1 is 0.970 bits per heavy atom. The van der Waals surface area contributed by atoms with Crippen LogP contribution in [0.2, 0.25) is 0 Å². The number of hydrogen-bond donors (Lipinski definition) is 0. The molecule has 0 radical (unpaired) electrons. The van der Waals surface area contributed by atoms with Crippen LogP contribution in [0.25, 0.3) is 0 Å². The van der Waals surface area contributed by atoms with Gasteiger partial charge < -0.3 is 9.30 Å². The molecule has 7 heteroatoms. The van der Waals surface area contributed by atoms with Crippen molar-refractivity contribution in [3.8, 4) is 0 Å². The third-order valence-corrected chi connectivity index (χ3v) is 7.67. The van der Waals surface area contributed by atoms with Gasteiger partial charge in [-0.1, -0.05) is 48.2 Å². The average Bonchev–Trinajstić information content (AvgIpc) is 3.52. The topological polar surface area (TPSA) is 56.1 Å². The van der Waals surface area contributed by atoms with E-state index >= 15 is 0 Å². The Labute approximate surface area is 200 Å². The molecule has 2 aliphatic heterocycles. The van der Waals surface area contributed by atoms with Gasteiger partial charge in [0.2, 0.25) is 0 Å². The van der Waals surface area contributed by atoms with Gasteiger partial charge in [-0.15, -0.1) is 10.2 Å². The van der Waals surface area contributed by atoms with Crippen molar-refractivity contribution < 1.29 is 4.74 Å². The molecule has 3 aromatic rings. The van der Waals surface area contributed by atoms with Crippen molar-refractivity contribution >= 4 is 11.8 Å². The number of rotatable bonds is 9. The molecule has 2 aliphatic rings. The van der Waals surface area contributed by atoms with Gasteiger partial charge >= 0.3 is 0 Å². The first-order valence-corrected chi connectivity index (χ1v) is 13.2. The lowest BCUT2D eigenvalue weighted by molar-refractivity contribution is 0.0931. The monoisotopic (exact) mass is 463 g/mol. The van der Waals surface area contributed by atoms with Gasteiger partial charge in [0.15, 0.2) is 5.16 Å². The molecule has 174 valence electrons. The molecule has 0 saturated carbocycles. The van der Waals surface area contributed by atoms with E-state index in [-0.39, 0.29) is 0 Å². The standard InChI is InChI=1S/C26H33N5OS/c1-2-6-21(7-3-1)12-17-33-26-29-28-25(31(26)20-24-9-5-16-32-24)23-10-14-30(15-11-23)19-22-8-4-13-27-18-22/h1-4,6-8,13,18,23-24H,5,9-12,14-17,19-20H2. The highest BCUT2D eigenvalue weighted by Gasteiger charge is 2.28. The fourth-order valence-electron chi connectivity index (χ4n) is 4.88. The van der Waals surface area contributed by atoms with Gasteiger partial charge in [-0.25, -0.2) is 0 Å². The number of nitrogens with zero attached hydrogens (tertiary/aromatic N) is 5. The maximum absolute atomic E-state index is 5.98. The highest BCUT2D eigenvalue weighted by molar-refractivity contribution is 7.99. The molecule has 5 rings (SSSR count). The summed E-state index contributed by atoms with van der Waals surface area (Å²) in [6.07, 6.45) is 9.69. The van der Waals surface area contributed by atoms with Crippen LogP contribution in [0.1, 0.15) is 48.6 Å². The zero-order valence-electron chi connectivity index (χ0n) is 19.2. The van der Waals surface area contributed by atoms with E-state index in [2.05, 4.69) is 55.9 Å². The summed E-state index contributed by atoms with van der Waals surface area (Å²) in [5.74, 6) is 2.64. The molecule has 2 aromatic heterocycles. The van der Waals surface area contributed by atoms with Gasteiger partial charge in [-0.2, -0.15) is 0 Å². The molecule has 0 bridgehead atoms. The number of likely N-dealkylation sites (tertiary alicyclic amines) is 1. The molecule has 0 spiro atoms. The third kappa shape index (κ3) is 6.02. The van der Waals surface area contributed by atoms with E-state index in [9.17, 15) is 0 Å². The summed E-state index contributed by atoms with van der Waals surface area (Å²) in [4.78, 5) is 6.79. The predicted octanol–water partition coefficient (Wildman–Crippen LogP) is 4.57. The molecule has 33 heavy (non-hydrogen) atoms. The minimum Gasteiger partial charge on any atom is -0.376 e. The van der Waals surface area contributed by atoms with Crippen LogP contribution >= 0.6 is 11.8 Å². The van der Waals surface area contributed by atoms with E-state index in [0.29, 0.717) is 12.0 Å². The first kappa shape index (κ1) is 22.6. The summed E-state index contributed by atoms with van der Waals surface area (Å²) >= 11 is 1.83. The van der Waals surface area contributed by atoms with Gasteiger partial charge in [-0.3, -0.25) is 9.88 Å². The number of pyridine rings is 1. The van der Waals surface area contributed by atoms with E-state index in [1.807, 2.05) is 30.2 Å². The third-order valence-electron chi connectivity index (χ3n) is 6.70. The van der Waals surface area contributed by atoms with Gasteiger partial charge in [0.25, 0.3) is 0 Å². The van der Waals surface area contributed by atoms with Crippen molar-refractivity contribution in [2.24, 2.45) is 0 Å². The quantitative estimate of drug-likeness (QED) is 0.434. The Morgan fingerprint density at radius 3 is 2.58 bits per heavy atom. The first-order valence-electron chi connectivity index (χ1n) is 12.2. The molecule has 6 nitrogen and oxygen atoms in total. The van der Waals surface area contributed by atoms with Crippen molar-refractivity contribution in [3.63, 3.8) is 0 Å². The summed E-state index contributed by atoms with van der Waals surface area (Å²) in [6, 6.07) is 14.9. The summed E-state index contributed by atoms with van der Waals surface area (Å²) in [6.45, 7) is 4.91. The molecule has 0 aliphatic carbocycles. The Morgan fingerprint density at radius 2 is 1.82 bits per heavy atom. The summed E-state index contributed by atoms with van der Waals surface area (Å²) in [5, 5.41) is 10.4. The minimum absolute atomic E-state index is 0.291. The number of benzene rings is 1. The SMILES string of the molecule is c1ccc(CCSc2nnc(C3CCN(Cc4cccnc4)CC3)n2CC2CCCO2)cc1. The lowest BCUT2D eigenvalue weighted by Crippen LogP contribution is -2.33. The van der Waals surface area contributed by atoms with Gasteiger partial charge in [0.05, 0.1) is 12.6 Å². The van der Waals surface area contributed by atoms with Crippen molar-refractivity contribution in [2.75, 3.05) is 25.4 Å². The zero-order chi connectivity index (χ0) is 22.3. The Kier molecular flexibility index (Phi) is 7.71. The van der Waals surface area contributed by atoms with Crippen molar-refractivity contribution in [3.05, 3.63) is 71.8 Å².